The molecule has 0 atom stereocenters. The third-order valence-corrected chi connectivity index (χ3v) is 3.43. The average Bonchev–Trinajstić information content (AvgIpc) is 2.94. The molecule has 2 heterocycles. The Labute approximate surface area is 108 Å². The van der Waals surface area contributed by atoms with E-state index in [1.54, 1.807) is 6.26 Å². The van der Waals surface area contributed by atoms with Crippen molar-refractivity contribution in [2.75, 3.05) is 5.75 Å². The number of thioether (sulfide) groups is 1. The number of hydrogen-bond acceptors (Lipinski definition) is 5. The largest absolute Gasteiger partial charge is 0.481 e. The summed E-state index contributed by atoms with van der Waals surface area (Å²) < 4.78 is 7.06. The molecule has 1 N–H and O–H groups in total. The van der Waals surface area contributed by atoms with Gasteiger partial charge in [-0.2, -0.15) is 0 Å². The predicted molar refractivity (Wildman–Crippen MR) is 65.5 cm³/mol. The van der Waals surface area contributed by atoms with Crippen LogP contribution in [0.3, 0.4) is 0 Å². The molecule has 0 aromatic carbocycles. The molecular weight excluding hydrogens is 254 g/mol. The van der Waals surface area contributed by atoms with E-state index in [9.17, 15) is 4.79 Å². The van der Waals surface area contributed by atoms with Gasteiger partial charge in [0.05, 0.1) is 12.0 Å². The molecule has 6 nitrogen and oxygen atoms in total. The van der Waals surface area contributed by atoms with E-state index in [2.05, 4.69) is 10.2 Å². The summed E-state index contributed by atoms with van der Waals surface area (Å²) in [5, 5.41) is 17.2. The number of furan rings is 1. The van der Waals surface area contributed by atoms with Crippen LogP contribution in [0, 0.1) is 0 Å². The Bertz CT molecular complexity index is 522. The van der Waals surface area contributed by atoms with E-state index in [1.165, 1.54) is 11.8 Å². The molecule has 0 aliphatic heterocycles. The predicted octanol–water partition coefficient (Wildman–Crippen LogP) is 1.37. The summed E-state index contributed by atoms with van der Waals surface area (Å²) in [5.74, 6) is 0.849. The second-order valence-corrected chi connectivity index (χ2v) is 4.66. The lowest BCUT2D eigenvalue weighted by atomic mass is 10.2. The van der Waals surface area contributed by atoms with Gasteiger partial charge in [-0.1, -0.05) is 11.8 Å². The first-order valence-electron chi connectivity index (χ1n) is 5.42. The zero-order valence-electron chi connectivity index (χ0n) is 9.87. The Morgan fingerprint density at radius 1 is 1.50 bits per heavy atom. The number of aromatic nitrogens is 3. The van der Waals surface area contributed by atoms with Gasteiger partial charge in [0.25, 0.3) is 0 Å². The standard InChI is InChI=1S/C11H13N3O3S/c1-14-9(5-4-8-3-2-6-17-8)12-13-11(14)18-7-10(15)16/h2-3,6H,4-5,7H2,1H3,(H,15,16). The molecule has 96 valence electrons. The van der Waals surface area contributed by atoms with Crippen LogP contribution in [-0.2, 0) is 24.7 Å². The highest BCUT2D eigenvalue weighted by atomic mass is 32.2. The first-order valence-corrected chi connectivity index (χ1v) is 6.40. The highest BCUT2D eigenvalue weighted by Crippen LogP contribution is 2.16. The second kappa shape index (κ2) is 5.72. The molecule has 0 saturated heterocycles. The van der Waals surface area contributed by atoms with Crippen LogP contribution in [0.15, 0.2) is 28.0 Å². The van der Waals surface area contributed by atoms with Crippen LogP contribution < -0.4 is 0 Å². The summed E-state index contributed by atoms with van der Waals surface area (Å²) in [6.07, 6.45) is 3.10. The van der Waals surface area contributed by atoms with Gasteiger partial charge in [-0.15, -0.1) is 10.2 Å². The van der Waals surface area contributed by atoms with Gasteiger partial charge in [0.1, 0.15) is 11.6 Å². The van der Waals surface area contributed by atoms with Crippen LogP contribution in [0.4, 0.5) is 0 Å². The van der Waals surface area contributed by atoms with Crippen molar-refractivity contribution in [2.24, 2.45) is 7.05 Å². The Balaban J connectivity index is 1.95. The van der Waals surface area contributed by atoms with E-state index in [4.69, 9.17) is 9.52 Å². The van der Waals surface area contributed by atoms with Crippen molar-refractivity contribution in [1.29, 1.82) is 0 Å². The number of hydrogen-bond donors (Lipinski definition) is 1. The Morgan fingerprint density at radius 2 is 2.33 bits per heavy atom. The summed E-state index contributed by atoms with van der Waals surface area (Å²) in [4.78, 5) is 10.5. The van der Waals surface area contributed by atoms with E-state index in [0.717, 1.165) is 18.0 Å². The van der Waals surface area contributed by atoms with Gasteiger partial charge in [-0.05, 0) is 12.1 Å². The molecule has 0 aliphatic carbocycles. The van der Waals surface area contributed by atoms with Crippen LogP contribution in [-0.4, -0.2) is 31.6 Å². The Morgan fingerprint density at radius 3 is 3.00 bits per heavy atom. The highest BCUT2D eigenvalue weighted by Gasteiger charge is 2.11. The van der Waals surface area contributed by atoms with Gasteiger partial charge in [-0.25, -0.2) is 0 Å². The van der Waals surface area contributed by atoms with Crippen molar-refractivity contribution in [3.8, 4) is 0 Å². The van der Waals surface area contributed by atoms with Crippen molar-refractivity contribution in [1.82, 2.24) is 14.8 Å². The molecule has 2 aromatic heterocycles. The van der Waals surface area contributed by atoms with Gasteiger partial charge >= 0.3 is 5.97 Å². The van der Waals surface area contributed by atoms with Crippen molar-refractivity contribution < 1.29 is 14.3 Å². The van der Waals surface area contributed by atoms with Crippen LogP contribution in [0.2, 0.25) is 0 Å². The normalized spacial score (nSPS) is 10.7. The van der Waals surface area contributed by atoms with Gasteiger partial charge in [0.2, 0.25) is 0 Å². The molecular formula is C11H13N3O3S. The van der Waals surface area contributed by atoms with Crippen molar-refractivity contribution in [2.45, 2.75) is 18.0 Å². The summed E-state index contributed by atoms with van der Waals surface area (Å²) >= 11 is 1.17. The molecule has 0 amide bonds. The average molecular weight is 267 g/mol. The number of carbonyl (C=O) groups is 1. The van der Waals surface area contributed by atoms with E-state index in [-0.39, 0.29) is 5.75 Å². The summed E-state index contributed by atoms with van der Waals surface area (Å²) in [6.45, 7) is 0. The molecule has 2 rings (SSSR count). The minimum absolute atomic E-state index is 0.00976. The van der Waals surface area contributed by atoms with Crippen molar-refractivity contribution >= 4 is 17.7 Å². The quantitative estimate of drug-likeness (QED) is 0.796. The first kappa shape index (κ1) is 12.7. The fraction of sp³-hybridized carbons (Fsp3) is 0.364. The van der Waals surface area contributed by atoms with Gasteiger partial charge < -0.3 is 14.1 Å². The third-order valence-electron chi connectivity index (χ3n) is 2.42. The van der Waals surface area contributed by atoms with E-state index in [0.29, 0.717) is 11.6 Å². The van der Waals surface area contributed by atoms with Gasteiger partial charge in [0.15, 0.2) is 5.16 Å². The van der Waals surface area contributed by atoms with Gasteiger partial charge in [0, 0.05) is 19.9 Å². The number of nitrogens with zero attached hydrogens (tertiary/aromatic N) is 3. The molecule has 0 bridgehead atoms. The van der Waals surface area contributed by atoms with Crippen molar-refractivity contribution in [3.63, 3.8) is 0 Å². The van der Waals surface area contributed by atoms with E-state index >= 15 is 0 Å². The Kier molecular flexibility index (Phi) is 4.03. The molecule has 2 aromatic rings. The van der Waals surface area contributed by atoms with Crippen LogP contribution in [0.1, 0.15) is 11.6 Å². The third kappa shape index (κ3) is 3.13. The molecule has 0 radical (unpaired) electrons. The Hall–Kier alpha value is -1.76. The van der Waals surface area contributed by atoms with Crippen LogP contribution >= 0.6 is 11.8 Å². The summed E-state index contributed by atoms with van der Waals surface area (Å²) in [5.41, 5.74) is 0. The fourth-order valence-electron chi connectivity index (χ4n) is 1.50. The minimum atomic E-state index is -0.861. The molecule has 0 fully saturated rings. The maximum atomic E-state index is 10.5. The van der Waals surface area contributed by atoms with Gasteiger partial charge in [-0.3, -0.25) is 4.79 Å². The highest BCUT2D eigenvalue weighted by molar-refractivity contribution is 7.99. The molecule has 18 heavy (non-hydrogen) atoms. The molecule has 0 saturated carbocycles. The number of carboxylic acids is 1. The van der Waals surface area contributed by atoms with E-state index < -0.39 is 5.97 Å². The minimum Gasteiger partial charge on any atom is -0.481 e. The SMILES string of the molecule is Cn1c(CCc2ccco2)nnc1SCC(=O)O. The topological polar surface area (TPSA) is 81.2 Å². The summed E-state index contributed by atoms with van der Waals surface area (Å²) in [6, 6.07) is 3.76. The lowest BCUT2D eigenvalue weighted by Crippen LogP contribution is -2.03. The lowest BCUT2D eigenvalue weighted by molar-refractivity contribution is -0.133. The molecule has 0 unspecified atom stereocenters. The maximum Gasteiger partial charge on any atom is 0.313 e. The number of aryl methyl sites for hydroxylation is 2. The van der Waals surface area contributed by atoms with Crippen LogP contribution in [0.25, 0.3) is 0 Å². The zero-order valence-corrected chi connectivity index (χ0v) is 10.7. The molecule has 0 spiro atoms. The smallest absolute Gasteiger partial charge is 0.313 e. The number of carboxylic acid groups (broad SMARTS) is 1. The summed E-state index contributed by atoms with van der Waals surface area (Å²) in [7, 11) is 1.83. The number of rotatable bonds is 6. The first-order chi connectivity index (χ1) is 8.66. The number of aliphatic carboxylic acids is 1. The second-order valence-electron chi connectivity index (χ2n) is 3.72. The van der Waals surface area contributed by atoms with E-state index in [1.807, 2.05) is 23.7 Å². The van der Waals surface area contributed by atoms with Crippen molar-refractivity contribution in [3.05, 3.63) is 30.0 Å². The maximum absolute atomic E-state index is 10.5. The van der Waals surface area contributed by atoms with Crippen LogP contribution in [0.5, 0.6) is 0 Å². The molecule has 7 heteroatoms. The zero-order chi connectivity index (χ0) is 13.0. The molecule has 0 aliphatic rings. The monoisotopic (exact) mass is 267 g/mol. The lowest BCUT2D eigenvalue weighted by Gasteiger charge is -2.01. The fourth-order valence-corrected chi connectivity index (χ4v) is 2.15.